The number of phenols is 1. The highest BCUT2D eigenvalue weighted by Crippen LogP contribution is 2.26. The maximum Gasteiger partial charge on any atom is 0.189 e. The second kappa shape index (κ2) is 7.01. The van der Waals surface area contributed by atoms with Gasteiger partial charge in [0.1, 0.15) is 17.2 Å². The Morgan fingerprint density at radius 2 is 1.70 bits per heavy atom. The molecule has 0 aliphatic carbocycles. The van der Waals surface area contributed by atoms with Gasteiger partial charge < -0.3 is 14.6 Å². The Balaban J connectivity index is 2.28. The number of rotatable bonds is 5. The molecule has 0 spiro atoms. The lowest BCUT2D eigenvalue weighted by Gasteiger charge is -2.08. The van der Waals surface area contributed by atoms with Gasteiger partial charge in [-0.05, 0) is 60.9 Å². The monoisotopic (exact) mass is 312 g/mol. The normalized spacial score (nSPS) is 10.8. The molecule has 0 heterocycles. The van der Waals surface area contributed by atoms with E-state index in [1.54, 1.807) is 31.4 Å². The predicted octanol–water partition coefficient (Wildman–Crippen LogP) is 3.92. The Kier molecular flexibility index (Phi) is 5.06. The van der Waals surface area contributed by atoms with Gasteiger partial charge in [-0.3, -0.25) is 4.79 Å². The van der Waals surface area contributed by atoms with Crippen molar-refractivity contribution in [2.75, 3.05) is 14.2 Å². The summed E-state index contributed by atoms with van der Waals surface area (Å²) in [5, 5.41) is 9.78. The summed E-state index contributed by atoms with van der Waals surface area (Å²) in [5.41, 5.74) is 2.88. The van der Waals surface area contributed by atoms with Crippen molar-refractivity contribution in [3.63, 3.8) is 0 Å². The molecule has 0 atom stereocenters. The Morgan fingerprint density at radius 3 is 2.26 bits per heavy atom. The third kappa shape index (κ3) is 3.72. The lowest BCUT2D eigenvalue weighted by atomic mass is 10.0. The van der Waals surface area contributed by atoms with Crippen molar-refractivity contribution >= 4 is 11.9 Å². The van der Waals surface area contributed by atoms with Gasteiger partial charge in [0.2, 0.25) is 0 Å². The SMILES string of the molecule is COc1ccc(C(=O)/C=C/c2cc(C)c(O)c(C)c2)c(OC)c1. The van der Waals surface area contributed by atoms with Crippen molar-refractivity contribution in [3.05, 3.63) is 58.7 Å². The number of ketones is 1. The minimum Gasteiger partial charge on any atom is -0.507 e. The average molecular weight is 312 g/mol. The molecule has 0 bridgehead atoms. The molecule has 2 aromatic rings. The zero-order valence-corrected chi connectivity index (χ0v) is 13.7. The van der Waals surface area contributed by atoms with Gasteiger partial charge in [0.15, 0.2) is 5.78 Å². The molecule has 0 saturated carbocycles. The molecular weight excluding hydrogens is 292 g/mol. The van der Waals surface area contributed by atoms with E-state index in [2.05, 4.69) is 0 Å². The summed E-state index contributed by atoms with van der Waals surface area (Å²) >= 11 is 0. The quantitative estimate of drug-likeness (QED) is 0.671. The van der Waals surface area contributed by atoms with Crippen LogP contribution < -0.4 is 9.47 Å². The van der Waals surface area contributed by atoms with Crippen molar-refractivity contribution in [1.82, 2.24) is 0 Å². The number of carbonyl (C=O) groups excluding carboxylic acids is 1. The van der Waals surface area contributed by atoms with Crippen LogP contribution in [0.2, 0.25) is 0 Å². The van der Waals surface area contributed by atoms with Crippen LogP contribution in [-0.4, -0.2) is 25.1 Å². The van der Waals surface area contributed by atoms with Crippen LogP contribution in [0.25, 0.3) is 6.08 Å². The van der Waals surface area contributed by atoms with E-state index in [0.29, 0.717) is 17.1 Å². The Morgan fingerprint density at radius 1 is 1.04 bits per heavy atom. The van der Waals surface area contributed by atoms with Crippen LogP contribution in [0.1, 0.15) is 27.0 Å². The first-order valence-corrected chi connectivity index (χ1v) is 7.21. The summed E-state index contributed by atoms with van der Waals surface area (Å²) in [6, 6.07) is 8.74. The third-order valence-electron chi connectivity index (χ3n) is 3.61. The van der Waals surface area contributed by atoms with Crippen LogP contribution in [0.5, 0.6) is 17.2 Å². The number of allylic oxidation sites excluding steroid dienone is 1. The first-order chi connectivity index (χ1) is 11.0. The zero-order chi connectivity index (χ0) is 17.0. The highest BCUT2D eigenvalue weighted by molar-refractivity contribution is 6.08. The number of ether oxygens (including phenoxy) is 2. The highest BCUT2D eigenvalue weighted by atomic mass is 16.5. The first kappa shape index (κ1) is 16.6. The zero-order valence-electron chi connectivity index (χ0n) is 13.7. The summed E-state index contributed by atoms with van der Waals surface area (Å²) < 4.78 is 10.4. The molecule has 0 fully saturated rings. The van der Waals surface area contributed by atoms with Crippen LogP contribution in [0, 0.1) is 13.8 Å². The maximum absolute atomic E-state index is 12.4. The Labute approximate surface area is 136 Å². The fourth-order valence-electron chi connectivity index (χ4n) is 2.35. The highest BCUT2D eigenvalue weighted by Gasteiger charge is 2.11. The molecule has 2 rings (SSSR count). The third-order valence-corrected chi connectivity index (χ3v) is 3.61. The number of benzene rings is 2. The first-order valence-electron chi connectivity index (χ1n) is 7.21. The molecule has 0 aliphatic rings. The molecule has 0 radical (unpaired) electrons. The summed E-state index contributed by atoms with van der Waals surface area (Å²) in [4.78, 5) is 12.4. The van der Waals surface area contributed by atoms with Gasteiger partial charge in [-0.15, -0.1) is 0 Å². The van der Waals surface area contributed by atoms with E-state index in [9.17, 15) is 9.90 Å². The molecule has 0 saturated heterocycles. The van der Waals surface area contributed by atoms with Crippen molar-refractivity contribution in [1.29, 1.82) is 0 Å². The summed E-state index contributed by atoms with van der Waals surface area (Å²) in [5.74, 6) is 1.22. The predicted molar refractivity (Wildman–Crippen MR) is 90.5 cm³/mol. The largest absolute Gasteiger partial charge is 0.507 e. The topological polar surface area (TPSA) is 55.8 Å². The summed E-state index contributed by atoms with van der Waals surface area (Å²) in [6.07, 6.45) is 3.22. The van der Waals surface area contributed by atoms with Gasteiger partial charge >= 0.3 is 0 Å². The summed E-state index contributed by atoms with van der Waals surface area (Å²) in [6.45, 7) is 3.65. The lowest BCUT2D eigenvalue weighted by molar-refractivity contribution is 0.104. The van der Waals surface area contributed by atoms with Crippen LogP contribution in [0.15, 0.2) is 36.4 Å². The van der Waals surface area contributed by atoms with Gasteiger partial charge in [-0.25, -0.2) is 0 Å². The average Bonchev–Trinajstić information content (AvgIpc) is 2.56. The van der Waals surface area contributed by atoms with E-state index in [1.165, 1.54) is 13.2 Å². The molecule has 4 nitrogen and oxygen atoms in total. The molecule has 0 aliphatic heterocycles. The molecule has 1 N–H and O–H groups in total. The smallest absolute Gasteiger partial charge is 0.189 e. The van der Waals surface area contributed by atoms with Crippen LogP contribution in [-0.2, 0) is 0 Å². The van der Waals surface area contributed by atoms with E-state index in [0.717, 1.165) is 16.7 Å². The minimum absolute atomic E-state index is 0.159. The van der Waals surface area contributed by atoms with E-state index in [4.69, 9.17) is 9.47 Å². The minimum atomic E-state index is -0.159. The maximum atomic E-state index is 12.4. The second-order valence-corrected chi connectivity index (χ2v) is 5.27. The lowest BCUT2D eigenvalue weighted by Crippen LogP contribution is -1.99. The van der Waals surface area contributed by atoms with Gasteiger partial charge in [0, 0.05) is 6.07 Å². The molecule has 2 aromatic carbocycles. The van der Waals surface area contributed by atoms with E-state index in [-0.39, 0.29) is 11.5 Å². The van der Waals surface area contributed by atoms with Crippen molar-refractivity contribution in [3.8, 4) is 17.2 Å². The second-order valence-electron chi connectivity index (χ2n) is 5.27. The van der Waals surface area contributed by atoms with E-state index in [1.807, 2.05) is 26.0 Å². The number of carbonyl (C=O) groups is 1. The van der Waals surface area contributed by atoms with Crippen molar-refractivity contribution < 1.29 is 19.4 Å². The molecular formula is C19H20O4. The van der Waals surface area contributed by atoms with Gasteiger partial charge in [-0.1, -0.05) is 6.08 Å². The van der Waals surface area contributed by atoms with Crippen LogP contribution in [0.3, 0.4) is 0 Å². The van der Waals surface area contributed by atoms with E-state index < -0.39 is 0 Å². The Hall–Kier alpha value is -2.75. The van der Waals surface area contributed by atoms with Gasteiger partial charge in [0.25, 0.3) is 0 Å². The molecule has 120 valence electrons. The Bertz CT molecular complexity index is 737. The number of methoxy groups -OCH3 is 2. The van der Waals surface area contributed by atoms with Crippen molar-refractivity contribution in [2.24, 2.45) is 0 Å². The van der Waals surface area contributed by atoms with Gasteiger partial charge in [-0.2, -0.15) is 0 Å². The molecule has 23 heavy (non-hydrogen) atoms. The molecule has 0 aromatic heterocycles. The van der Waals surface area contributed by atoms with Crippen molar-refractivity contribution in [2.45, 2.75) is 13.8 Å². The van der Waals surface area contributed by atoms with Gasteiger partial charge in [0.05, 0.1) is 19.8 Å². The van der Waals surface area contributed by atoms with E-state index >= 15 is 0 Å². The fourth-order valence-corrected chi connectivity index (χ4v) is 2.35. The van der Waals surface area contributed by atoms with Crippen LogP contribution in [0.4, 0.5) is 0 Å². The van der Waals surface area contributed by atoms with Crippen LogP contribution >= 0.6 is 0 Å². The number of aryl methyl sites for hydroxylation is 2. The number of hydrogen-bond acceptors (Lipinski definition) is 4. The molecule has 4 heteroatoms. The number of phenolic OH excluding ortho intramolecular Hbond substituents is 1. The standard InChI is InChI=1S/C19H20O4/c1-12-9-14(10-13(2)19(12)21)5-8-17(20)16-7-6-15(22-3)11-18(16)23-4/h5-11,21H,1-4H3/b8-5+. The number of aromatic hydroxyl groups is 1. The fraction of sp³-hybridized carbons (Fsp3) is 0.211. The number of hydrogen-bond donors (Lipinski definition) is 1. The molecule has 0 amide bonds. The summed E-state index contributed by atoms with van der Waals surface area (Å²) in [7, 11) is 3.08. The molecule has 0 unspecified atom stereocenters.